The van der Waals surface area contributed by atoms with Crippen molar-refractivity contribution in [3.05, 3.63) is 103 Å². The largest absolute Gasteiger partial charge is 0.298 e. The molecule has 0 fully saturated rings. The van der Waals surface area contributed by atoms with Crippen molar-refractivity contribution < 1.29 is 19.4 Å². The molecule has 0 aliphatic carbocycles. The lowest BCUT2D eigenvalue weighted by Gasteiger charge is -2.03. The molecular weight excluding hydrogens is 444 g/mol. The maximum atomic E-state index is 11.0. The van der Waals surface area contributed by atoms with E-state index in [-0.39, 0.29) is 11.4 Å². The normalized spacial score (nSPS) is 9.69. The van der Waals surface area contributed by atoms with Crippen LogP contribution in [0.3, 0.4) is 0 Å². The van der Waals surface area contributed by atoms with Crippen LogP contribution in [0.1, 0.15) is 20.7 Å². The van der Waals surface area contributed by atoms with Crippen molar-refractivity contribution in [1.82, 2.24) is 0 Å². The highest BCUT2D eigenvalue weighted by atomic mass is 79.9. The molecule has 0 unspecified atom stereocenters. The lowest BCUT2D eigenvalue weighted by molar-refractivity contribution is -0.385. The highest BCUT2D eigenvalue weighted by molar-refractivity contribution is 9.10. The molecule has 0 radical (unpaired) electrons. The van der Waals surface area contributed by atoms with Crippen LogP contribution in [0.4, 0.5) is 11.4 Å². The molecule has 3 aromatic rings. The first-order chi connectivity index (χ1) is 13.9. The van der Waals surface area contributed by atoms with Crippen LogP contribution >= 0.6 is 15.9 Å². The molecule has 3 rings (SSSR count). The number of rotatable bonds is 5. The molecule has 0 saturated carbocycles. The summed E-state index contributed by atoms with van der Waals surface area (Å²) in [5.74, 6) is 0. The summed E-state index contributed by atoms with van der Waals surface area (Å²) in [6, 6.07) is 17.7. The Labute approximate surface area is 173 Å². The van der Waals surface area contributed by atoms with Crippen LogP contribution in [0.2, 0.25) is 0 Å². The SMILES string of the molecule is O=Cc1ccc(-c2ccccc2)c([N+](=O)[O-])c1.O=Cc1ccc(Br)c([N+](=O)[O-])c1. The molecule has 146 valence electrons. The summed E-state index contributed by atoms with van der Waals surface area (Å²) in [7, 11) is 0. The first kappa shape index (κ1) is 21.6. The Morgan fingerprint density at radius 2 is 1.24 bits per heavy atom. The molecule has 0 atom stereocenters. The number of hydrogen-bond acceptors (Lipinski definition) is 6. The van der Waals surface area contributed by atoms with Crippen LogP contribution in [0.25, 0.3) is 11.1 Å². The average Bonchev–Trinajstić information content (AvgIpc) is 2.74. The van der Waals surface area contributed by atoms with E-state index in [1.807, 2.05) is 18.2 Å². The van der Waals surface area contributed by atoms with E-state index in [0.29, 0.717) is 33.7 Å². The van der Waals surface area contributed by atoms with Gasteiger partial charge in [0.25, 0.3) is 11.4 Å². The van der Waals surface area contributed by atoms with Gasteiger partial charge in [0.1, 0.15) is 12.6 Å². The third-order valence-corrected chi connectivity index (χ3v) is 4.41. The molecule has 29 heavy (non-hydrogen) atoms. The van der Waals surface area contributed by atoms with Crippen LogP contribution in [0.5, 0.6) is 0 Å². The van der Waals surface area contributed by atoms with Gasteiger partial charge >= 0.3 is 0 Å². The zero-order chi connectivity index (χ0) is 21.4. The minimum atomic E-state index is -0.545. The summed E-state index contributed by atoms with van der Waals surface area (Å²) in [6.07, 6.45) is 1.17. The maximum absolute atomic E-state index is 11.0. The number of nitro benzene ring substituents is 2. The van der Waals surface area contributed by atoms with Gasteiger partial charge in [-0.3, -0.25) is 29.8 Å². The fraction of sp³-hybridized carbons (Fsp3) is 0. The molecule has 0 aliphatic rings. The number of hydrogen-bond donors (Lipinski definition) is 0. The standard InChI is InChI=1S/C13H9NO3.C7H4BrNO3/c15-9-10-6-7-12(13(8-10)14(16)17)11-4-2-1-3-5-11;8-6-2-1-5(4-10)3-7(6)9(11)12/h1-9H;1-4H. The van der Waals surface area contributed by atoms with Crippen LogP contribution in [0, 0.1) is 20.2 Å². The Hall–Kier alpha value is -3.72. The number of carbonyl (C=O) groups excluding carboxylic acids is 2. The minimum absolute atomic E-state index is 0.0548. The summed E-state index contributed by atoms with van der Waals surface area (Å²) in [5.41, 5.74) is 1.72. The molecule has 3 aromatic carbocycles. The molecule has 9 heteroatoms. The number of nitro groups is 2. The van der Waals surface area contributed by atoms with E-state index < -0.39 is 9.85 Å². The summed E-state index contributed by atoms with van der Waals surface area (Å²) < 4.78 is 0.373. The van der Waals surface area contributed by atoms with Crippen molar-refractivity contribution in [1.29, 1.82) is 0 Å². The van der Waals surface area contributed by atoms with Gasteiger partial charge in [-0.1, -0.05) is 42.5 Å². The third kappa shape index (κ3) is 5.63. The van der Waals surface area contributed by atoms with Gasteiger partial charge in [0.2, 0.25) is 0 Å². The van der Waals surface area contributed by atoms with Crippen molar-refractivity contribution >= 4 is 39.9 Å². The smallest absolute Gasteiger partial charge is 0.284 e. The predicted molar refractivity (Wildman–Crippen MR) is 110 cm³/mol. The van der Waals surface area contributed by atoms with Gasteiger partial charge in [0.05, 0.1) is 19.9 Å². The maximum Gasteiger partial charge on any atom is 0.284 e. The second-order valence-electron chi connectivity index (χ2n) is 5.60. The Balaban J connectivity index is 0.000000221. The number of carbonyl (C=O) groups is 2. The van der Waals surface area contributed by atoms with Crippen LogP contribution in [0.15, 0.2) is 71.2 Å². The number of benzene rings is 3. The van der Waals surface area contributed by atoms with E-state index in [1.54, 1.807) is 24.3 Å². The Morgan fingerprint density at radius 3 is 1.76 bits per heavy atom. The quantitative estimate of drug-likeness (QED) is 0.293. The minimum Gasteiger partial charge on any atom is -0.298 e. The van der Waals surface area contributed by atoms with E-state index in [0.717, 1.165) is 5.56 Å². The summed E-state index contributed by atoms with van der Waals surface area (Å²) in [4.78, 5) is 41.1. The van der Waals surface area contributed by atoms with Gasteiger partial charge in [-0.25, -0.2) is 0 Å². The van der Waals surface area contributed by atoms with Crippen molar-refractivity contribution in [2.24, 2.45) is 0 Å². The highest BCUT2D eigenvalue weighted by Crippen LogP contribution is 2.30. The molecule has 0 heterocycles. The van der Waals surface area contributed by atoms with Crippen LogP contribution in [-0.4, -0.2) is 22.4 Å². The molecule has 0 N–H and O–H groups in total. The number of halogens is 1. The van der Waals surface area contributed by atoms with Crippen molar-refractivity contribution in [3.63, 3.8) is 0 Å². The van der Waals surface area contributed by atoms with E-state index in [9.17, 15) is 29.8 Å². The van der Waals surface area contributed by atoms with E-state index in [4.69, 9.17) is 0 Å². The second kappa shape index (κ2) is 10.00. The van der Waals surface area contributed by atoms with Crippen LogP contribution < -0.4 is 0 Å². The van der Waals surface area contributed by atoms with Gasteiger partial charge < -0.3 is 0 Å². The molecule has 8 nitrogen and oxygen atoms in total. The zero-order valence-electron chi connectivity index (χ0n) is 14.7. The van der Waals surface area contributed by atoms with Crippen LogP contribution in [-0.2, 0) is 0 Å². The second-order valence-corrected chi connectivity index (χ2v) is 6.46. The molecule has 0 amide bonds. The predicted octanol–water partition coefficient (Wildman–Crippen LogP) is 5.24. The molecule has 0 spiro atoms. The molecule has 0 aliphatic heterocycles. The Bertz CT molecular complexity index is 1070. The highest BCUT2D eigenvalue weighted by Gasteiger charge is 2.15. The summed E-state index contributed by atoms with van der Waals surface area (Å²) >= 11 is 3.00. The van der Waals surface area contributed by atoms with E-state index in [1.165, 1.54) is 24.3 Å². The molecular formula is C20H13BrN2O6. The summed E-state index contributed by atoms with van der Waals surface area (Å²) in [6.45, 7) is 0. The first-order valence-electron chi connectivity index (χ1n) is 8.05. The molecule has 0 saturated heterocycles. The fourth-order valence-corrected chi connectivity index (χ4v) is 2.77. The lowest BCUT2D eigenvalue weighted by Crippen LogP contribution is -1.93. The van der Waals surface area contributed by atoms with Crippen molar-refractivity contribution in [2.45, 2.75) is 0 Å². The van der Waals surface area contributed by atoms with Gasteiger partial charge in [-0.15, -0.1) is 0 Å². The van der Waals surface area contributed by atoms with Crippen molar-refractivity contribution in [2.75, 3.05) is 0 Å². The van der Waals surface area contributed by atoms with Gasteiger partial charge in [-0.2, -0.15) is 0 Å². The lowest BCUT2D eigenvalue weighted by atomic mass is 10.0. The van der Waals surface area contributed by atoms with E-state index in [2.05, 4.69) is 15.9 Å². The third-order valence-electron chi connectivity index (χ3n) is 3.74. The average molecular weight is 457 g/mol. The van der Waals surface area contributed by atoms with E-state index >= 15 is 0 Å². The Kier molecular flexibility index (Phi) is 7.44. The summed E-state index contributed by atoms with van der Waals surface area (Å²) in [5, 5.41) is 21.3. The number of aldehydes is 2. The van der Waals surface area contributed by atoms with Gasteiger partial charge in [-0.05, 0) is 33.6 Å². The molecule has 0 aromatic heterocycles. The zero-order valence-corrected chi connectivity index (χ0v) is 16.3. The fourth-order valence-electron chi connectivity index (χ4n) is 2.38. The van der Waals surface area contributed by atoms with Gasteiger partial charge in [0.15, 0.2) is 0 Å². The topological polar surface area (TPSA) is 120 Å². The first-order valence-corrected chi connectivity index (χ1v) is 8.84. The Morgan fingerprint density at radius 1 is 0.724 bits per heavy atom. The van der Waals surface area contributed by atoms with Crippen molar-refractivity contribution in [3.8, 4) is 11.1 Å². The van der Waals surface area contributed by atoms with Gasteiger partial charge in [0, 0.05) is 23.3 Å². The number of nitrogens with zero attached hydrogens (tertiary/aromatic N) is 2. The monoisotopic (exact) mass is 456 g/mol. The molecule has 0 bridgehead atoms.